The Morgan fingerprint density at radius 2 is 1.68 bits per heavy atom. The first-order chi connectivity index (χ1) is 13.7. The topological polar surface area (TPSA) is 32.8 Å². The van der Waals surface area contributed by atoms with Crippen molar-refractivity contribution < 1.29 is 9.53 Å². The molecule has 0 bridgehead atoms. The van der Waals surface area contributed by atoms with Gasteiger partial charge in [-0.15, -0.1) is 0 Å². The van der Waals surface area contributed by atoms with E-state index in [2.05, 4.69) is 47.4 Å². The minimum atomic E-state index is 0.129. The van der Waals surface area contributed by atoms with Crippen molar-refractivity contribution in [2.24, 2.45) is 0 Å². The molecule has 0 fully saturated rings. The third-order valence-electron chi connectivity index (χ3n) is 5.30. The summed E-state index contributed by atoms with van der Waals surface area (Å²) in [5, 5.41) is 0. The second kappa shape index (κ2) is 10.3. The van der Waals surface area contributed by atoms with Crippen LogP contribution in [0.15, 0.2) is 48.5 Å². The van der Waals surface area contributed by atoms with Crippen LogP contribution in [0, 0.1) is 0 Å². The molecule has 0 aromatic heterocycles. The van der Waals surface area contributed by atoms with Crippen LogP contribution in [-0.4, -0.2) is 30.5 Å². The minimum Gasteiger partial charge on any atom is -0.494 e. The number of carbonyl (C=O) groups is 1. The van der Waals surface area contributed by atoms with Gasteiger partial charge in [0.05, 0.1) is 6.61 Å². The molecule has 0 aliphatic carbocycles. The Labute approximate surface area is 169 Å². The molecule has 0 unspecified atom stereocenters. The van der Waals surface area contributed by atoms with Gasteiger partial charge in [0.2, 0.25) is 5.91 Å². The van der Waals surface area contributed by atoms with Gasteiger partial charge in [-0.2, -0.15) is 0 Å². The van der Waals surface area contributed by atoms with Gasteiger partial charge in [0.25, 0.3) is 0 Å². The van der Waals surface area contributed by atoms with Crippen molar-refractivity contribution in [3.8, 4) is 5.75 Å². The number of hydrogen-bond acceptors (Lipinski definition) is 3. The number of para-hydroxylation sites is 1. The fraction of sp³-hybridized carbons (Fsp3) is 0.458. The van der Waals surface area contributed by atoms with Crippen LogP contribution in [0.4, 0.5) is 5.69 Å². The van der Waals surface area contributed by atoms with Crippen LogP contribution in [0.2, 0.25) is 0 Å². The molecular formula is C24H32N2O2. The zero-order valence-electron chi connectivity index (χ0n) is 17.2. The van der Waals surface area contributed by atoms with Crippen molar-refractivity contribution in [1.82, 2.24) is 4.90 Å². The number of nitrogens with zero attached hydrogens (tertiary/aromatic N) is 2. The molecule has 4 nitrogen and oxygen atoms in total. The lowest BCUT2D eigenvalue weighted by Gasteiger charge is -2.27. The molecule has 0 N–H and O–H groups in total. The molecule has 0 atom stereocenters. The molecule has 0 saturated heterocycles. The third kappa shape index (κ3) is 5.59. The van der Waals surface area contributed by atoms with E-state index in [0.717, 1.165) is 44.0 Å². The summed E-state index contributed by atoms with van der Waals surface area (Å²) in [4.78, 5) is 16.7. The second-order valence-corrected chi connectivity index (χ2v) is 7.50. The van der Waals surface area contributed by atoms with E-state index >= 15 is 0 Å². The SMILES string of the molecule is CCOc1ccc(CN2CCCCCCN(C(C)=O)c3ccccc3C2)cc1. The van der Waals surface area contributed by atoms with Crippen LogP contribution in [0.5, 0.6) is 5.75 Å². The van der Waals surface area contributed by atoms with Crippen molar-refractivity contribution in [2.75, 3.05) is 24.6 Å². The van der Waals surface area contributed by atoms with Gasteiger partial charge < -0.3 is 9.64 Å². The van der Waals surface area contributed by atoms with Crippen molar-refractivity contribution in [1.29, 1.82) is 0 Å². The van der Waals surface area contributed by atoms with Crippen LogP contribution in [0.3, 0.4) is 0 Å². The molecule has 2 aromatic rings. The predicted molar refractivity (Wildman–Crippen MR) is 115 cm³/mol. The molecule has 1 heterocycles. The van der Waals surface area contributed by atoms with Gasteiger partial charge in [-0.1, -0.05) is 43.2 Å². The Bertz CT molecular complexity index is 757. The molecule has 1 amide bonds. The Morgan fingerprint density at radius 3 is 2.39 bits per heavy atom. The number of carbonyl (C=O) groups excluding carboxylic acids is 1. The molecule has 1 aliphatic heterocycles. The van der Waals surface area contributed by atoms with E-state index in [1.165, 1.54) is 30.4 Å². The molecule has 28 heavy (non-hydrogen) atoms. The molecule has 150 valence electrons. The maximum absolute atomic E-state index is 12.3. The normalized spacial score (nSPS) is 16.1. The van der Waals surface area contributed by atoms with Crippen LogP contribution in [0.1, 0.15) is 50.7 Å². The third-order valence-corrected chi connectivity index (χ3v) is 5.30. The van der Waals surface area contributed by atoms with Crippen molar-refractivity contribution in [2.45, 2.75) is 52.6 Å². The fourth-order valence-electron chi connectivity index (χ4n) is 3.89. The van der Waals surface area contributed by atoms with Crippen LogP contribution >= 0.6 is 0 Å². The number of benzene rings is 2. The van der Waals surface area contributed by atoms with Crippen LogP contribution in [0.25, 0.3) is 0 Å². The van der Waals surface area contributed by atoms with E-state index in [-0.39, 0.29) is 5.91 Å². The number of fused-ring (bicyclic) bond motifs is 1. The Hall–Kier alpha value is -2.33. The van der Waals surface area contributed by atoms with Gasteiger partial charge in [0.1, 0.15) is 5.75 Å². The van der Waals surface area contributed by atoms with E-state index in [1.807, 2.05) is 17.9 Å². The van der Waals surface area contributed by atoms with Gasteiger partial charge in [0, 0.05) is 32.2 Å². The lowest BCUT2D eigenvalue weighted by molar-refractivity contribution is -0.116. The molecule has 0 saturated carbocycles. The van der Waals surface area contributed by atoms with Crippen molar-refractivity contribution >= 4 is 11.6 Å². The first-order valence-electron chi connectivity index (χ1n) is 10.5. The number of hydrogen-bond donors (Lipinski definition) is 0. The fourth-order valence-corrected chi connectivity index (χ4v) is 3.89. The average Bonchev–Trinajstić information content (AvgIpc) is 2.73. The quantitative estimate of drug-likeness (QED) is 0.747. The summed E-state index contributed by atoms with van der Waals surface area (Å²) in [6.45, 7) is 8.01. The minimum absolute atomic E-state index is 0.129. The van der Waals surface area contributed by atoms with E-state index in [1.54, 1.807) is 6.92 Å². The summed E-state index contributed by atoms with van der Waals surface area (Å²) in [6.07, 6.45) is 4.64. The lowest BCUT2D eigenvalue weighted by atomic mass is 10.1. The first-order valence-corrected chi connectivity index (χ1v) is 10.5. The summed E-state index contributed by atoms with van der Waals surface area (Å²) in [5.41, 5.74) is 3.58. The number of amides is 1. The highest BCUT2D eigenvalue weighted by Crippen LogP contribution is 2.25. The monoisotopic (exact) mass is 380 g/mol. The number of rotatable bonds is 4. The van der Waals surface area contributed by atoms with Gasteiger partial charge in [0.15, 0.2) is 0 Å². The molecule has 2 aromatic carbocycles. The summed E-state index contributed by atoms with van der Waals surface area (Å²) < 4.78 is 5.56. The number of ether oxygens (including phenoxy) is 1. The zero-order chi connectivity index (χ0) is 19.8. The Kier molecular flexibility index (Phi) is 7.49. The second-order valence-electron chi connectivity index (χ2n) is 7.50. The van der Waals surface area contributed by atoms with Crippen molar-refractivity contribution in [3.63, 3.8) is 0 Å². The lowest BCUT2D eigenvalue weighted by Crippen LogP contribution is -2.31. The van der Waals surface area contributed by atoms with E-state index in [9.17, 15) is 4.79 Å². The highest BCUT2D eigenvalue weighted by atomic mass is 16.5. The molecule has 4 heteroatoms. The van der Waals surface area contributed by atoms with E-state index < -0.39 is 0 Å². The van der Waals surface area contributed by atoms with Gasteiger partial charge in [-0.3, -0.25) is 9.69 Å². The molecule has 1 aliphatic rings. The van der Waals surface area contributed by atoms with Crippen LogP contribution < -0.4 is 9.64 Å². The van der Waals surface area contributed by atoms with Gasteiger partial charge in [-0.25, -0.2) is 0 Å². The predicted octanol–water partition coefficient (Wildman–Crippen LogP) is 5.01. The summed E-state index contributed by atoms with van der Waals surface area (Å²) >= 11 is 0. The summed E-state index contributed by atoms with van der Waals surface area (Å²) in [7, 11) is 0. The maximum atomic E-state index is 12.3. The molecule has 3 rings (SSSR count). The van der Waals surface area contributed by atoms with Crippen molar-refractivity contribution in [3.05, 3.63) is 59.7 Å². The molecule has 0 spiro atoms. The average molecular weight is 381 g/mol. The van der Waals surface area contributed by atoms with Gasteiger partial charge >= 0.3 is 0 Å². The maximum Gasteiger partial charge on any atom is 0.223 e. The number of anilines is 1. The summed E-state index contributed by atoms with van der Waals surface area (Å²) in [6, 6.07) is 16.8. The first kappa shape index (κ1) is 20.4. The van der Waals surface area contributed by atoms with E-state index in [0.29, 0.717) is 6.61 Å². The van der Waals surface area contributed by atoms with Crippen LogP contribution in [-0.2, 0) is 17.9 Å². The standard InChI is InChI=1S/C24H32N2O2/c1-3-28-23-14-12-21(13-15-23)18-25-16-8-4-5-9-17-26(20(2)27)24-11-7-6-10-22(24)19-25/h6-7,10-15H,3-5,8-9,16-19H2,1-2H3. The molecule has 0 radical (unpaired) electrons. The Morgan fingerprint density at radius 1 is 0.964 bits per heavy atom. The zero-order valence-corrected chi connectivity index (χ0v) is 17.2. The smallest absolute Gasteiger partial charge is 0.223 e. The highest BCUT2D eigenvalue weighted by molar-refractivity contribution is 5.92. The Balaban J connectivity index is 1.81. The molecular weight excluding hydrogens is 348 g/mol. The summed E-state index contributed by atoms with van der Waals surface area (Å²) in [5.74, 6) is 1.05. The van der Waals surface area contributed by atoms with Gasteiger partial charge in [-0.05, 0) is 55.6 Å². The highest BCUT2D eigenvalue weighted by Gasteiger charge is 2.18. The van der Waals surface area contributed by atoms with E-state index in [4.69, 9.17) is 4.74 Å². The largest absolute Gasteiger partial charge is 0.494 e.